The second-order valence-corrected chi connectivity index (χ2v) is 7.15. The quantitative estimate of drug-likeness (QED) is 0.575. The smallest absolute Gasteiger partial charge is 0.290 e. The molecule has 1 aliphatic rings. The molecule has 0 radical (unpaired) electrons. The fraction of sp³-hybridized carbons (Fsp3) is 0.333. The lowest BCUT2D eigenvalue weighted by molar-refractivity contribution is 0.0737. The van der Waals surface area contributed by atoms with Crippen LogP contribution in [0.1, 0.15) is 54.9 Å². The fourth-order valence-electron chi connectivity index (χ4n) is 3.93. The van der Waals surface area contributed by atoms with Gasteiger partial charge in [0.2, 0.25) is 5.76 Å². The van der Waals surface area contributed by atoms with Crippen molar-refractivity contribution in [1.82, 2.24) is 4.90 Å². The Kier molecular flexibility index (Phi) is 5.48. The number of hydrogen-bond acceptors (Lipinski definition) is 5. The van der Waals surface area contributed by atoms with Crippen molar-refractivity contribution in [2.75, 3.05) is 19.8 Å². The van der Waals surface area contributed by atoms with E-state index in [4.69, 9.17) is 13.9 Å². The Morgan fingerprint density at radius 2 is 1.80 bits per heavy atom. The molecule has 0 saturated heterocycles. The van der Waals surface area contributed by atoms with E-state index in [9.17, 15) is 9.59 Å². The molecule has 1 atom stereocenters. The number of carbonyl (C=O) groups excluding carboxylic acids is 1. The molecule has 2 aromatic carbocycles. The van der Waals surface area contributed by atoms with Gasteiger partial charge in [-0.25, -0.2) is 0 Å². The average molecular weight is 407 g/mol. The van der Waals surface area contributed by atoms with Crippen molar-refractivity contribution in [3.05, 3.63) is 69.6 Å². The van der Waals surface area contributed by atoms with Gasteiger partial charge in [-0.15, -0.1) is 0 Å². The maximum absolute atomic E-state index is 13.3. The molecule has 0 N–H and O–H groups in total. The number of rotatable bonds is 7. The highest BCUT2D eigenvalue weighted by atomic mass is 16.5. The second kappa shape index (κ2) is 8.22. The Labute approximate surface area is 175 Å². The predicted molar refractivity (Wildman–Crippen MR) is 114 cm³/mol. The van der Waals surface area contributed by atoms with E-state index in [0.29, 0.717) is 47.8 Å². The van der Waals surface area contributed by atoms with Crippen LogP contribution in [0.4, 0.5) is 0 Å². The van der Waals surface area contributed by atoms with Gasteiger partial charge in [-0.1, -0.05) is 25.1 Å². The van der Waals surface area contributed by atoms with Crippen molar-refractivity contribution in [2.24, 2.45) is 0 Å². The summed E-state index contributed by atoms with van der Waals surface area (Å²) in [5, 5.41) is 0.472. The van der Waals surface area contributed by atoms with E-state index in [0.717, 1.165) is 12.0 Å². The molecule has 6 nitrogen and oxygen atoms in total. The van der Waals surface area contributed by atoms with Crippen LogP contribution in [0.25, 0.3) is 11.0 Å². The van der Waals surface area contributed by atoms with E-state index >= 15 is 0 Å². The third-order valence-corrected chi connectivity index (χ3v) is 5.26. The molecular formula is C24H25NO5. The molecule has 0 unspecified atom stereocenters. The van der Waals surface area contributed by atoms with Gasteiger partial charge in [0.25, 0.3) is 5.91 Å². The lowest BCUT2D eigenvalue weighted by Gasteiger charge is -2.24. The number of para-hydroxylation sites is 1. The molecule has 1 aliphatic heterocycles. The first-order valence-corrected chi connectivity index (χ1v) is 10.4. The van der Waals surface area contributed by atoms with Crippen LogP contribution in [0.3, 0.4) is 0 Å². The zero-order valence-electron chi connectivity index (χ0n) is 17.4. The summed E-state index contributed by atoms with van der Waals surface area (Å²) >= 11 is 0. The zero-order chi connectivity index (χ0) is 21.3. The first kappa shape index (κ1) is 20.0. The SMILES string of the molecule is CCCOc1ccc([C@@H]2c3c(oc4ccccc4c3=O)C(=O)N2CC)cc1OCC. The van der Waals surface area contributed by atoms with Crippen LogP contribution in [-0.4, -0.2) is 30.6 Å². The van der Waals surface area contributed by atoms with Crippen LogP contribution in [0.2, 0.25) is 0 Å². The molecule has 3 aromatic rings. The molecule has 0 aliphatic carbocycles. The highest BCUT2D eigenvalue weighted by Crippen LogP contribution is 2.40. The molecule has 156 valence electrons. The molecule has 0 bridgehead atoms. The van der Waals surface area contributed by atoms with Crippen LogP contribution in [0.5, 0.6) is 11.5 Å². The number of amides is 1. The topological polar surface area (TPSA) is 69.0 Å². The lowest BCUT2D eigenvalue weighted by Crippen LogP contribution is -2.29. The van der Waals surface area contributed by atoms with Crippen molar-refractivity contribution in [1.29, 1.82) is 0 Å². The summed E-state index contributed by atoms with van der Waals surface area (Å²) in [4.78, 5) is 28.1. The molecule has 2 heterocycles. The van der Waals surface area contributed by atoms with Crippen molar-refractivity contribution < 1.29 is 18.7 Å². The van der Waals surface area contributed by atoms with E-state index < -0.39 is 6.04 Å². The summed E-state index contributed by atoms with van der Waals surface area (Å²) in [6.45, 7) is 7.35. The molecular weight excluding hydrogens is 382 g/mol. The number of hydrogen-bond donors (Lipinski definition) is 0. The first-order valence-electron chi connectivity index (χ1n) is 10.4. The van der Waals surface area contributed by atoms with E-state index in [1.165, 1.54) is 0 Å². The van der Waals surface area contributed by atoms with Gasteiger partial charge in [-0.2, -0.15) is 0 Å². The number of carbonyl (C=O) groups is 1. The summed E-state index contributed by atoms with van der Waals surface area (Å²) < 4.78 is 17.5. The predicted octanol–water partition coefficient (Wildman–Crippen LogP) is 4.55. The van der Waals surface area contributed by atoms with Crippen molar-refractivity contribution in [2.45, 2.75) is 33.2 Å². The number of nitrogens with zero attached hydrogens (tertiary/aromatic N) is 1. The van der Waals surface area contributed by atoms with E-state index in [-0.39, 0.29) is 17.1 Å². The summed E-state index contributed by atoms with van der Waals surface area (Å²) in [5.74, 6) is 1.10. The summed E-state index contributed by atoms with van der Waals surface area (Å²) in [7, 11) is 0. The van der Waals surface area contributed by atoms with Gasteiger partial charge >= 0.3 is 0 Å². The second-order valence-electron chi connectivity index (χ2n) is 7.15. The highest BCUT2D eigenvalue weighted by Gasteiger charge is 2.42. The number of fused-ring (bicyclic) bond motifs is 2. The lowest BCUT2D eigenvalue weighted by atomic mass is 9.98. The van der Waals surface area contributed by atoms with E-state index in [1.54, 1.807) is 29.2 Å². The largest absolute Gasteiger partial charge is 0.490 e. The zero-order valence-corrected chi connectivity index (χ0v) is 17.4. The van der Waals surface area contributed by atoms with Crippen LogP contribution in [0.15, 0.2) is 51.7 Å². The highest BCUT2D eigenvalue weighted by molar-refractivity contribution is 5.99. The Balaban J connectivity index is 1.89. The Morgan fingerprint density at radius 3 is 2.53 bits per heavy atom. The third-order valence-electron chi connectivity index (χ3n) is 5.26. The maximum atomic E-state index is 13.3. The average Bonchev–Trinajstić information content (AvgIpc) is 3.05. The number of benzene rings is 2. The minimum Gasteiger partial charge on any atom is -0.490 e. The van der Waals surface area contributed by atoms with Crippen LogP contribution >= 0.6 is 0 Å². The van der Waals surface area contributed by atoms with Gasteiger partial charge in [0.1, 0.15) is 5.58 Å². The summed E-state index contributed by atoms with van der Waals surface area (Å²) in [6, 6.07) is 12.1. The Morgan fingerprint density at radius 1 is 1.00 bits per heavy atom. The van der Waals surface area contributed by atoms with Crippen molar-refractivity contribution >= 4 is 16.9 Å². The van der Waals surface area contributed by atoms with Gasteiger partial charge in [-0.3, -0.25) is 9.59 Å². The molecule has 6 heteroatoms. The first-order chi connectivity index (χ1) is 14.6. The van der Waals surface area contributed by atoms with E-state index in [2.05, 4.69) is 0 Å². The van der Waals surface area contributed by atoms with Gasteiger partial charge in [0.05, 0.1) is 30.2 Å². The molecule has 30 heavy (non-hydrogen) atoms. The molecule has 0 spiro atoms. The summed E-state index contributed by atoms with van der Waals surface area (Å²) in [5.41, 5.74) is 1.42. The van der Waals surface area contributed by atoms with Gasteiger partial charge in [-0.05, 0) is 50.1 Å². The molecule has 4 rings (SSSR count). The third kappa shape index (κ3) is 3.22. The molecule has 1 aromatic heterocycles. The van der Waals surface area contributed by atoms with Crippen molar-refractivity contribution in [3.8, 4) is 11.5 Å². The Bertz CT molecular complexity index is 1150. The van der Waals surface area contributed by atoms with Crippen LogP contribution in [0, 0.1) is 0 Å². The van der Waals surface area contributed by atoms with Gasteiger partial charge < -0.3 is 18.8 Å². The normalized spacial score (nSPS) is 15.5. The maximum Gasteiger partial charge on any atom is 0.290 e. The van der Waals surface area contributed by atoms with Gasteiger partial charge in [0.15, 0.2) is 16.9 Å². The minimum absolute atomic E-state index is 0.120. The molecule has 0 saturated carbocycles. The van der Waals surface area contributed by atoms with Crippen molar-refractivity contribution in [3.63, 3.8) is 0 Å². The van der Waals surface area contributed by atoms with Gasteiger partial charge in [0, 0.05) is 6.54 Å². The fourth-order valence-corrected chi connectivity index (χ4v) is 3.93. The van der Waals surface area contributed by atoms with Crippen LogP contribution in [-0.2, 0) is 0 Å². The van der Waals surface area contributed by atoms with E-state index in [1.807, 2.05) is 39.0 Å². The summed E-state index contributed by atoms with van der Waals surface area (Å²) in [6.07, 6.45) is 0.884. The minimum atomic E-state index is -0.530. The standard InChI is InChI=1S/C24H25NO5/c1-4-13-29-18-12-11-15(14-19(18)28-6-3)21-20-22(26)16-9-7-8-10-17(16)30-23(20)24(27)25(21)5-2/h7-12,14,21H,4-6,13H2,1-3H3/t21-/m1/s1. The monoisotopic (exact) mass is 407 g/mol. The molecule has 0 fully saturated rings. The number of ether oxygens (including phenoxy) is 2. The van der Waals surface area contributed by atoms with Crippen LogP contribution < -0.4 is 14.9 Å². The molecule has 1 amide bonds. The Hall–Kier alpha value is -3.28.